The highest BCUT2D eigenvalue weighted by molar-refractivity contribution is 5.69. The smallest absolute Gasteiger partial charge is 0.152 e. The number of aromatic hydroxyl groups is 1. The standard InChI is InChI=1S/C20H22N4O2/c1-14-12-17(25)6-7-18(14)21-20-13-19(22-23-20)15-2-4-16(5-3-15)24-8-10-26-11-9-24/h2-7,12-13,25H,8-11H2,1H3,(H2,21,22,23). The average molecular weight is 350 g/mol. The number of aromatic nitrogens is 2. The topological polar surface area (TPSA) is 73.4 Å². The zero-order valence-electron chi connectivity index (χ0n) is 14.7. The fourth-order valence-corrected chi connectivity index (χ4v) is 3.13. The molecule has 0 radical (unpaired) electrons. The number of aryl methyl sites for hydroxylation is 1. The Bertz CT molecular complexity index is 883. The Hall–Kier alpha value is -2.99. The van der Waals surface area contributed by atoms with E-state index in [1.165, 1.54) is 5.69 Å². The Morgan fingerprint density at radius 3 is 2.58 bits per heavy atom. The number of phenolic OH excluding ortho intramolecular Hbond substituents is 1. The normalized spacial score (nSPS) is 14.4. The minimum Gasteiger partial charge on any atom is -0.508 e. The van der Waals surface area contributed by atoms with Crippen LogP contribution in [0, 0.1) is 6.92 Å². The van der Waals surface area contributed by atoms with Gasteiger partial charge in [-0.25, -0.2) is 0 Å². The van der Waals surface area contributed by atoms with Crippen LogP contribution in [0.3, 0.4) is 0 Å². The molecule has 0 aliphatic carbocycles. The van der Waals surface area contributed by atoms with Gasteiger partial charge in [-0.1, -0.05) is 12.1 Å². The lowest BCUT2D eigenvalue weighted by Gasteiger charge is -2.28. The van der Waals surface area contributed by atoms with Crippen molar-refractivity contribution in [3.05, 3.63) is 54.1 Å². The summed E-state index contributed by atoms with van der Waals surface area (Å²) in [7, 11) is 0. The van der Waals surface area contributed by atoms with E-state index in [0.29, 0.717) is 0 Å². The van der Waals surface area contributed by atoms with Crippen molar-refractivity contribution in [3.8, 4) is 17.0 Å². The van der Waals surface area contributed by atoms with E-state index in [2.05, 4.69) is 44.7 Å². The second-order valence-electron chi connectivity index (χ2n) is 6.44. The van der Waals surface area contributed by atoms with E-state index in [1.54, 1.807) is 12.1 Å². The summed E-state index contributed by atoms with van der Waals surface area (Å²) in [6.07, 6.45) is 0. The molecule has 3 aromatic rings. The fourth-order valence-electron chi connectivity index (χ4n) is 3.13. The van der Waals surface area contributed by atoms with Gasteiger partial charge in [-0.15, -0.1) is 0 Å². The largest absolute Gasteiger partial charge is 0.508 e. The number of anilines is 3. The molecule has 1 saturated heterocycles. The summed E-state index contributed by atoms with van der Waals surface area (Å²) in [5.74, 6) is 1.00. The maximum atomic E-state index is 9.51. The number of benzene rings is 2. The maximum absolute atomic E-state index is 9.51. The molecule has 6 nitrogen and oxygen atoms in total. The summed E-state index contributed by atoms with van der Waals surface area (Å²) in [6, 6.07) is 15.7. The molecule has 1 aliphatic rings. The molecule has 1 fully saturated rings. The number of hydrogen-bond acceptors (Lipinski definition) is 5. The number of rotatable bonds is 4. The third-order valence-electron chi connectivity index (χ3n) is 4.61. The van der Waals surface area contributed by atoms with E-state index >= 15 is 0 Å². The summed E-state index contributed by atoms with van der Waals surface area (Å²) in [5.41, 5.74) is 5.14. The molecule has 0 bridgehead atoms. The van der Waals surface area contributed by atoms with Crippen LogP contribution < -0.4 is 10.2 Å². The van der Waals surface area contributed by atoms with Gasteiger partial charge < -0.3 is 20.1 Å². The van der Waals surface area contributed by atoms with E-state index in [0.717, 1.165) is 54.6 Å². The first kappa shape index (κ1) is 16.5. The summed E-state index contributed by atoms with van der Waals surface area (Å²) in [6.45, 7) is 5.38. The molecule has 3 N–H and O–H groups in total. The summed E-state index contributed by atoms with van der Waals surface area (Å²) in [4.78, 5) is 2.33. The van der Waals surface area contributed by atoms with Crippen LogP contribution in [0.25, 0.3) is 11.3 Å². The van der Waals surface area contributed by atoms with E-state index < -0.39 is 0 Å². The Labute approximate surface area is 152 Å². The van der Waals surface area contributed by atoms with Gasteiger partial charge >= 0.3 is 0 Å². The molecule has 0 unspecified atom stereocenters. The molecule has 2 heterocycles. The predicted molar refractivity (Wildman–Crippen MR) is 103 cm³/mol. The van der Waals surface area contributed by atoms with Gasteiger partial charge in [0, 0.05) is 30.5 Å². The molecule has 134 valence electrons. The quantitative estimate of drug-likeness (QED) is 0.626. The van der Waals surface area contributed by atoms with Crippen LogP contribution >= 0.6 is 0 Å². The SMILES string of the molecule is Cc1cc(O)ccc1Nc1cc(-c2ccc(N3CCOCC3)cc2)[nH]n1. The van der Waals surface area contributed by atoms with E-state index in [1.807, 2.05) is 19.1 Å². The van der Waals surface area contributed by atoms with Crippen LogP contribution in [-0.2, 0) is 4.74 Å². The number of hydrogen-bond donors (Lipinski definition) is 3. The minimum absolute atomic E-state index is 0.260. The Morgan fingerprint density at radius 2 is 1.85 bits per heavy atom. The van der Waals surface area contributed by atoms with Crippen molar-refractivity contribution in [1.82, 2.24) is 10.2 Å². The van der Waals surface area contributed by atoms with Crippen LogP contribution in [0.15, 0.2) is 48.5 Å². The first-order chi connectivity index (χ1) is 12.7. The third-order valence-corrected chi connectivity index (χ3v) is 4.61. The number of nitrogens with one attached hydrogen (secondary N) is 2. The van der Waals surface area contributed by atoms with E-state index in [9.17, 15) is 5.11 Å². The Morgan fingerprint density at radius 1 is 1.08 bits per heavy atom. The second kappa shape index (κ2) is 7.09. The highest BCUT2D eigenvalue weighted by Gasteiger charge is 2.11. The lowest BCUT2D eigenvalue weighted by molar-refractivity contribution is 0.122. The molecular formula is C20H22N4O2. The number of H-pyrrole nitrogens is 1. The van der Waals surface area contributed by atoms with Gasteiger partial charge in [0.25, 0.3) is 0 Å². The molecule has 6 heteroatoms. The molecule has 2 aromatic carbocycles. The zero-order chi connectivity index (χ0) is 17.9. The lowest BCUT2D eigenvalue weighted by Crippen LogP contribution is -2.36. The van der Waals surface area contributed by atoms with E-state index in [-0.39, 0.29) is 5.75 Å². The van der Waals surface area contributed by atoms with Crippen molar-refractivity contribution >= 4 is 17.2 Å². The maximum Gasteiger partial charge on any atom is 0.152 e. The van der Waals surface area contributed by atoms with Crippen LogP contribution in [0.4, 0.5) is 17.2 Å². The lowest BCUT2D eigenvalue weighted by atomic mass is 10.1. The zero-order valence-corrected chi connectivity index (χ0v) is 14.7. The van der Waals surface area contributed by atoms with Gasteiger partial charge in [-0.05, 0) is 48.4 Å². The third kappa shape index (κ3) is 3.50. The monoisotopic (exact) mass is 350 g/mol. The Kier molecular flexibility index (Phi) is 4.50. The van der Waals surface area contributed by atoms with Crippen molar-refractivity contribution in [2.24, 2.45) is 0 Å². The van der Waals surface area contributed by atoms with Crippen molar-refractivity contribution < 1.29 is 9.84 Å². The molecule has 0 spiro atoms. The van der Waals surface area contributed by atoms with E-state index in [4.69, 9.17) is 4.74 Å². The van der Waals surface area contributed by atoms with Gasteiger partial charge in [-0.2, -0.15) is 5.10 Å². The average Bonchev–Trinajstić information content (AvgIpc) is 3.14. The summed E-state index contributed by atoms with van der Waals surface area (Å²) < 4.78 is 5.40. The number of aromatic amines is 1. The van der Waals surface area contributed by atoms with Gasteiger partial charge in [0.2, 0.25) is 0 Å². The number of phenols is 1. The molecule has 0 atom stereocenters. The Balaban J connectivity index is 1.48. The molecule has 26 heavy (non-hydrogen) atoms. The minimum atomic E-state index is 0.260. The van der Waals surface area contributed by atoms with Crippen LogP contribution in [0.2, 0.25) is 0 Å². The van der Waals surface area contributed by atoms with Crippen molar-refractivity contribution in [2.75, 3.05) is 36.5 Å². The second-order valence-corrected chi connectivity index (χ2v) is 6.44. The molecule has 1 aliphatic heterocycles. The van der Waals surface area contributed by atoms with Gasteiger partial charge in [0.05, 0.1) is 18.9 Å². The predicted octanol–water partition coefficient (Wildman–Crippen LogP) is 3.67. The van der Waals surface area contributed by atoms with Gasteiger partial charge in [-0.3, -0.25) is 5.10 Å². The fraction of sp³-hybridized carbons (Fsp3) is 0.250. The van der Waals surface area contributed by atoms with Gasteiger partial charge in [0.15, 0.2) is 5.82 Å². The first-order valence-electron chi connectivity index (χ1n) is 8.74. The van der Waals surface area contributed by atoms with Crippen molar-refractivity contribution in [2.45, 2.75) is 6.92 Å². The van der Waals surface area contributed by atoms with Gasteiger partial charge in [0.1, 0.15) is 5.75 Å². The number of ether oxygens (including phenoxy) is 1. The molecule has 4 rings (SSSR count). The first-order valence-corrected chi connectivity index (χ1v) is 8.74. The van der Waals surface area contributed by atoms with Crippen molar-refractivity contribution in [1.29, 1.82) is 0 Å². The van der Waals surface area contributed by atoms with Crippen LogP contribution in [0.5, 0.6) is 5.75 Å². The summed E-state index contributed by atoms with van der Waals surface area (Å²) >= 11 is 0. The molecule has 0 amide bonds. The highest BCUT2D eigenvalue weighted by Crippen LogP contribution is 2.27. The molecule has 0 saturated carbocycles. The number of nitrogens with zero attached hydrogens (tertiary/aromatic N) is 2. The van der Waals surface area contributed by atoms with Crippen molar-refractivity contribution in [3.63, 3.8) is 0 Å². The number of morpholine rings is 1. The molecule has 1 aromatic heterocycles. The highest BCUT2D eigenvalue weighted by atomic mass is 16.5. The molecular weight excluding hydrogens is 328 g/mol. The van der Waals surface area contributed by atoms with Crippen LogP contribution in [0.1, 0.15) is 5.56 Å². The van der Waals surface area contributed by atoms with Crippen LogP contribution in [-0.4, -0.2) is 41.6 Å². The summed E-state index contributed by atoms with van der Waals surface area (Å²) in [5, 5.41) is 20.2.